The number of pyridine rings is 1. The van der Waals surface area contributed by atoms with E-state index in [1.807, 2.05) is 36.4 Å². The molecule has 0 aliphatic rings. The number of benzene rings is 2. The summed E-state index contributed by atoms with van der Waals surface area (Å²) >= 11 is 0. The topological polar surface area (TPSA) is 85.6 Å². The summed E-state index contributed by atoms with van der Waals surface area (Å²) in [5.41, 5.74) is 3.34. The van der Waals surface area contributed by atoms with Crippen LogP contribution >= 0.6 is 0 Å². The van der Waals surface area contributed by atoms with E-state index in [-0.39, 0.29) is 18.4 Å². The van der Waals surface area contributed by atoms with Gasteiger partial charge in [-0.1, -0.05) is 60.7 Å². The summed E-state index contributed by atoms with van der Waals surface area (Å²) in [6.07, 6.45) is 3.80. The predicted molar refractivity (Wildman–Crippen MR) is 116 cm³/mol. The second kappa shape index (κ2) is 9.67. The first kappa shape index (κ1) is 20.3. The van der Waals surface area contributed by atoms with Gasteiger partial charge in [-0.3, -0.25) is 9.20 Å². The van der Waals surface area contributed by atoms with Gasteiger partial charge in [0.25, 0.3) is 5.91 Å². The Kier molecular flexibility index (Phi) is 6.32. The zero-order chi connectivity index (χ0) is 21.5. The number of nitrogens with one attached hydrogen (secondary N) is 1. The van der Waals surface area contributed by atoms with Gasteiger partial charge in [0.1, 0.15) is 6.33 Å². The summed E-state index contributed by atoms with van der Waals surface area (Å²) in [4.78, 5) is 24.4. The molecule has 0 saturated heterocycles. The molecule has 0 bridgehead atoms. The van der Waals surface area contributed by atoms with Gasteiger partial charge in [0.05, 0.1) is 5.56 Å². The quantitative estimate of drug-likeness (QED) is 0.448. The van der Waals surface area contributed by atoms with Crippen molar-refractivity contribution >= 4 is 17.5 Å². The van der Waals surface area contributed by atoms with Gasteiger partial charge in [0.15, 0.2) is 12.3 Å². The zero-order valence-corrected chi connectivity index (χ0v) is 16.8. The van der Waals surface area contributed by atoms with E-state index in [4.69, 9.17) is 4.74 Å². The fourth-order valence-electron chi connectivity index (χ4n) is 3.47. The highest BCUT2D eigenvalue weighted by molar-refractivity contribution is 5.91. The lowest BCUT2D eigenvalue weighted by Gasteiger charge is -2.18. The molecule has 2 aromatic carbocycles. The highest BCUT2D eigenvalue weighted by Gasteiger charge is 2.15. The average Bonchev–Trinajstić information content (AvgIpc) is 3.29. The zero-order valence-electron chi connectivity index (χ0n) is 16.8. The standard InChI is InChI=1S/C24H22N4O3/c29-23(16-31-24(30)20-11-12-22-27-26-17-28(22)15-20)25-14-13-21(18-7-3-1-4-8-18)19-9-5-2-6-10-19/h1-12,15,17,21H,13-14,16H2,(H,25,29). The Bertz CT molecular complexity index is 1120. The Morgan fingerprint density at radius 2 is 1.61 bits per heavy atom. The van der Waals surface area contributed by atoms with Crippen LogP contribution in [0.3, 0.4) is 0 Å². The Morgan fingerprint density at radius 3 is 2.29 bits per heavy atom. The summed E-state index contributed by atoms with van der Waals surface area (Å²) in [5, 5.41) is 10.5. The number of fused-ring (bicyclic) bond motifs is 1. The van der Waals surface area contributed by atoms with Crippen molar-refractivity contribution in [2.24, 2.45) is 0 Å². The van der Waals surface area contributed by atoms with E-state index in [0.29, 0.717) is 17.8 Å². The number of ether oxygens (including phenoxy) is 1. The number of carbonyl (C=O) groups excluding carboxylic acids is 2. The average molecular weight is 414 g/mol. The molecule has 2 heterocycles. The molecule has 4 aromatic rings. The van der Waals surface area contributed by atoms with Crippen LogP contribution in [0.25, 0.3) is 5.65 Å². The van der Waals surface area contributed by atoms with Crippen LogP contribution in [0.15, 0.2) is 85.3 Å². The monoisotopic (exact) mass is 414 g/mol. The second-order valence-electron chi connectivity index (χ2n) is 7.10. The number of hydrogen-bond donors (Lipinski definition) is 1. The van der Waals surface area contributed by atoms with Crippen LogP contribution in [-0.4, -0.2) is 39.6 Å². The van der Waals surface area contributed by atoms with Crippen LogP contribution in [0.1, 0.15) is 33.8 Å². The summed E-state index contributed by atoms with van der Waals surface area (Å²) in [7, 11) is 0. The van der Waals surface area contributed by atoms with E-state index in [0.717, 1.165) is 6.42 Å². The SMILES string of the molecule is O=C(COC(=O)c1ccc2nncn2c1)NCCC(c1ccccc1)c1ccccc1. The Labute approximate surface area is 179 Å². The Morgan fingerprint density at radius 1 is 0.935 bits per heavy atom. The van der Waals surface area contributed by atoms with E-state index in [9.17, 15) is 9.59 Å². The van der Waals surface area contributed by atoms with E-state index >= 15 is 0 Å². The number of carbonyl (C=O) groups is 2. The van der Waals surface area contributed by atoms with Crippen molar-refractivity contribution < 1.29 is 14.3 Å². The molecule has 0 aliphatic heterocycles. The number of hydrogen-bond acceptors (Lipinski definition) is 5. The van der Waals surface area contributed by atoms with Crippen molar-refractivity contribution in [3.05, 3.63) is 102 Å². The van der Waals surface area contributed by atoms with Crippen molar-refractivity contribution in [1.82, 2.24) is 19.9 Å². The normalized spacial score (nSPS) is 10.9. The van der Waals surface area contributed by atoms with Gasteiger partial charge in [-0.15, -0.1) is 10.2 Å². The van der Waals surface area contributed by atoms with Gasteiger partial charge in [-0.2, -0.15) is 0 Å². The third kappa shape index (κ3) is 5.14. The van der Waals surface area contributed by atoms with Gasteiger partial charge in [0, 0.05) is 18.7 Å². The molecule has 7 nitrogen and oxygen atoms in total. The largest absolute Gasteiger partial charge is 0.452 e. The lowest BCUT2D eigenvalue weighted by atomic mass is 9.88. The van der Waals surface area contributed by atoms with Crippen LogP contribution in [0.5, 0.6) is 0 Å². The van der Waals surface area contributed by atoms with Crippen LogP contribution in [0.2, 0.25) is 0 Å². The maximum atomic E-state index is 12.2. The third-order valence-corrected chi connectivity index (χ3v) is 5.02. The maximum absolute atomic E-state index is 12.2. The van der Waals surface area contributed by atoms with Gasteiger partial charge in [-0.25, -0.2) is 4.79 Å². The molecule has 156 valence electrons. The molecule has 2 aromatic heterocycles. The minimum atomic E-state index is -0.572. The first-order valence-electron chi connectivity index (χ1n) is 10.0. The third-order valence-electron chi connectivity index (χ3n) is 5.02. The molecule has 4 rings (SSSR count). The second-order valence-corrected chi connectivity index (χ2v) is 7.10. The van der Waals surface area contributed by atoms with E-state index in [1.54, 1.807) is 22.7 Å². The molecule has 7 heteroatoms. The highest BCUT2D eigenvalue weighted by atomic mass is 16.5. The number of amides is 1. The van der Waals surface area contributed by atoms with E-state index in [1.165, 1.54) is 17.5 Å². The smallest absolute Gasteiger partial charge is 0.340 e. The van der Waals surface area contributed by atoms with Gasteiger partial charge in [-0.05, 0) is 29.7 Å². The number of rotatable bonds is 8. The summed E-state index contributed by atoms with van der Waals surface area (Å²) in [6, 6.07) is 23.7. The molecule has 0 radical (unpaired) electrons. The van der Waals surface area contributed by atoms with Crippen LogP contribution in [0, 0.1) is 0 Å². The highest BCUT2D eigenvalue weighted by Crippen LogP contribution is 2.27. The van der Waals surface area contributed by atoms with Gasteiger partial charge < -0.3 is 10.1 Å². The molecule has 0 saturated carbocycles. The number of esters is 1. The van der Waals surface area contributed by atoms with Crippen molar-refractivity contribution in [2.75, 3.05) is 13.2 Å². The molecule has 0 fully saturated rings. The van der Waals surface area contributed by atoms with Crippen molar-refractivity contribution in [2.45, 2.75) is 12.3 Å². The fourth-order valence-corrected chi connectivity index (χ4v) is 3.47. The summed E-state index contributed by atoms with van der Waals surface area (Å²) < 4.78 is 6.75. The molecule has 1 amide bonds. The van der Waals surface area contributed by atoms with Gasteiger partial charge >= 0.3 is 5.97 Å². The molecule has 0 spiro atoms. The lowest BCUT2D eigenvalue weighted by Crippen LogP contribution is -2.30. The Balaban J connectivity index is 1.29. The Hall–Kier alpha value is -4.00. The van der Waals surface area contributed by atoms with Gasteiger partial charge in [0.2, 0.25) is 0 Å². The molecule has 0 unspecified atom stereocenters. The van der Waals surface area contributed by atoms with E-state index in [2.05, 4.69) is 39.8 Å². The number of nitrogens with zero attached hydrogens (tertiary/aromatic N) is 3. The van der Waals surface area contributed by atoms with Crippen LogP contribution in [0.4, 0.5) is 0 Å². The van der Waals surface area contributed by atoms with E-state index < -0.39 is 5.97 Å². The van der Waals surface area contributed by atoms with Crippen molar-refractivity contribution in [3.8, 4) is 0 Å². The van der Waals surface area contributed by atoms with Crippen molar-refractivity contribution in [1.29, 1.82) is 0 Å². The minimum Gasteiger partial charge on any atom is -0.452 e. The fraction of sp³-hybridized carbons (Fsp3) is 0.167. The first-order chi connectivity index (χ1) is 15.2. The molecule has 31 heavy (non-hydrogen) atoms. The predicted octanol–water partition coefficient (Wildman–Crippen LogP) is 3.22. The van der Waals surface area contributed by atoms with Crippen LogP contribution < -0.4 is 5.32 Å². The first-order valence-corrected chi connectivity index (χ1v) is 10.0. The molecular formula is C24H22N4O3. The van der Waals surface area contributed by atoms with Crippen LogP contribution in [-0.2, 0) is 9.53 Å². The minimum absolute atomic E-state index is 0.167. The maximum Gasteiger partial charge on any atom is 0.340 e. The van der Waals surface area contributed by atoms with Crippen molar-refractivity contribution in [3.63, 3.8) is 0 Å². The molecule has 0 atom stereocenters. The molecular weight excluding hydrogens is 392 g/mol. The summed E-state index contributed by atoms with van der Waals surface area (Å²) in [6.45, 7) is 0.137. The lowest BCUT2D eigenvalue weighted by molar-refractivity contribution is -0.124. The molecule has 0 aliphatic carbocycles. The number of aromatic nitrogens is 3. The summed E-state index contributed by atoms with van der Waals surface area (Å²) in [5.74, 6) is -0.739. The molecule has 1 N–H and O–H groups in total.